The highest BCUT2D eigenvalue weighted by atomic mass is 32.2. The van der Waals surface area contributed by atoms with Crippen molar-refractivity contribution in [3.05, 3.63) is 35.9 Å². The fourth-order valence-electron chi connectivity index (χ4n) is 1.80. The summed E-state index contributed by atoms with van der Waals surface area (Å²) in [5.74, 6) is -0.443. The lowest BCUT2D eigenvalue weighted by atomic mass is 10.0. The van der Waals surface area contributed by atoms with Gasteiger partial charge in [-0.05, 0) is 12.0 Å². The van der Waals surface area contributed by atoms with Gasteiger partial charge in [0, 0.05) is 0 Å². The van der Waals surface area contributed by atoms with Crippen molar-refractivity contribution in [3.63, 3.8) is 0 Å². The van der Waals surface area contributed by atoms with Crippen molar-refractivity contribution in [1.82, 2.24) is 0 Å². The molecule has 1 aromatic carbocycles. The Morgan fingerprint density at radius 3 is 2.44 bits per heavy atom. The molecule has 0 aliphatic heterocycles. The number of hydrogen-bond acceptors (Lipinski definition) is 3. The number of benzene rings is 1. The summed E-state index contributed by atoms with van der Waals surface area (Å²) >= 11 is 0. The van der Waals surface area contributed by atoms with Crippen LogP contribution in [0.3, 0.4) is 0 Å². The van der Waals surface area contributed by atoms with Gasteiger partial charge in [0.05, 0.1) is 23.5 Å². The van der Waals surface area contributed by atoms with Gasteiger partial charge in [-0.1, -0.05) is 50.1 Å². The Labute approximate surface area is 109 Å². The molecular weight excluding hydrogens is 246 g/mol. The molecule has 0 aliphatic carbocycles. The molecule has 0 aromatic heterocycles. The minimum absolute atomic E-state index is 0.0722. The molecule has 0 saturated heterocycles. The summed E-state index contributed by atoms with van der Waals surface area (Å²) < 4.78 is 23.8. The minimum Gasteiger partial charge on any atom is -0.229 e. The van der Waals surface area contributed by atoms with Gasteiger partial charge < -0.3 is 0 Å². The van der Waals surface area contributed by atoms with Crippen LogP contribution in [0.1, 0.15) is 37.7 Å². The molecule has 0 radical (unpaired) electrons. The summed E-state index contributed by atoms with van der Waals surface area (Å²) in [5.41, 5.74) is 0.777. The normalized spacial score (nSPS) is 12.9. The van der Waals surface area contributed by atoms with Gasteiger partial charge in [-0.15, -0.1) is 0 Å². The fourth-order valence-corrected chi connectivity index (χ4v) is 3.39. The number of nitrogens with zero attached hydrogens (tertiary/aromatic N) is 1. The maximum Gasteiger partial charge on any atom is 0.151 e. The topological polar surface area (TPSA) is 57.9 Å². The van der Waals surface area contributed by atoms with E-state index in [1.807, 2.05) is 25.1 Å². The van der Waals surface area contributed by atoms with Crippen molar-refractivity contribution >= 4 is 9.84 Å². The SMILES string of the molecule is CCCCCS(=O)(=O)CC(C#N)c1ccccc1. The number of sulfone groups is 1. The predicted octanol–water partition coefficient (Wildman–Crippen LogP) is 2.90. The highest BCUT2D eigenvalue weighted by Crippen LogP contribution is 2.17. The molecule has 4 heteroatoms. The van der Waals surface area contributed by atoms with Crippen molar-refractivity contribution in [3.8, 4) is 6.07 Å². The van der Waals surface area contributed by atoms with Crippen LogP contribution in [0.15, 0.2) is 30.3 Å². The number of unbranched alkanes of at least 4 members (excludes halogenated alkanes) is 2. The highest BCUT2D eigenvalue weighted by molar-refractivity contribution is 7.91. The van der Waals surface area contributed by atoms with Gasteiger partial charge >= 0.3 is 0 Å². The standard InChI is InChI=1S/C14H19NO2S/c1-2-3-7-10-18(16,17)12-14(11-15)13-8-5-4-6-9-13/h4-6,8-9,14H,2-3,7,10,12H2,1H3. The van der Waals surface area contributed by atoms with Crippen molar-refractivity contribution in [1.29, 1.82) is 5.26 Å². The second kappa shape index (κ2) is 7.17. The van der Waals surface area contributed by atoms with Crippen LogP contribution in [-0.2, 0) is 9.84 Å². The van der Waals surface area contributed by atoms with E-state index >= 15 is 0 Å². The van der Waals surface area contributed by atoms with Gasteiger partial charge in [0.15, 0.2) is 9.84 Å². The Hall–Kier alpha value is -1.34. The smallest absolute Gasteiger partial charge is 0.151 e. The van der Waals surface area contributed by atoms with Gasteiger partial charge in [0.1, 0.15) is 0 Å². The molecule has 0 fully saturated rings. The lowest BCUT2D eigenvalue weighted by Gasteiger charge is -2.10. The van der Waals surface area contributed by atoms with E-state index in [2.05, 4.69) is 6.07 Å². The Kier molecular flexibility index (Phi) is 5.87. The van der Waals surface area contributed by atoms with E-state index in [1.165, 1.54) is 0 Å². The van der Waals surface area contributed by atoms with E-state index in [-0.39, 0.29) is 11.5 Å². The van der Waals surface area contributed by atoms with E-state index in [9.17, 15) is 8.42 Å². The van der Waals surface area contributed by atoms with E-state index in [0.717, 1.165) is 18.4 Å². The van der Waals surface area contributed by atoms with Crippen LogP contribution >= 0.6 is 0 Å². The largest absolute Gasteiger partial charge is 0.229 e. The molecule has 0 saturated carbocycles. The zero-order valence-electron chi connectivity index (χ0n) is 10.7. The Bertz CT molecular complexity index is 488. The molecule has 98 valence electrons. The predicted molar refractivity (Wildman–Crippen MR) is 73.0 cm³/mol. The van der Waals surface area contributed by atoms with Crippen molar-refractivity contribution < 1.29 is 8.42 Å². The summed E-state index contributed by atoms with van der Waals surface area (Å²) in [6, 6.07) is 11.2. The summed E-state index contributed by atoms with van der Waals surface area (Å²) in [4.78, 5) is 0. The number of rotatable bonds is 7. The first-order chi connectivity index (χ1) is 8.59. The van der Waals surface area contributed by atoms with Crippen molar-refractivity contribution in [2.75, 3.05) is 11.5 Å². The molecule has 0 heterocycles. The molecule has 18 heavy (non-hydrogen) atoms. The van der Waals surface area contributed by atoms with Gasteiger partial charge in [-0.3, -0.25) is 0 Å². The third-order valence-electron chi connectivity index (χ3n) is 2.84. The van der Waals surface area contributed by atoms with Crippen LogP contribution < -0.4 is 0 Å². The second-order valence-electron chi connectivity index (χ2n) is 4.41. The molecule has 1 atom stereocenters. The zero-order chi connectivity index (χ0) is 13.4. The lowest BCUT2D eigenvalue weighted by molar-refractivity contribution is 0.588. The first kappa shape index (κ1) is 14.7. The quantitative estimate of drug-likeness (QED) is 0.712. The summed E-state index contributed by atoms with van der Waals surface area (Å²) in [7, 11) is -3.14. The summed E-state index contributed by atoms with van der Waals surface area (Å²) in [6.07, 6.45) is 2.60. The fraction of sp³-hybridized carbons (Fsp3) is 0.500. The molecule has 0 bridgehead atoms. The second-order valence-corrected chi connectivity index (χ2v) is 6.64. The molecule has 1 aromatic rings. The Morgan fingerprint density at radius 2 is 1.89 bits per heavy atom. The average Bonchev–Trinajstić information content (AvgIpc) is 2.37. The van der Waals surface area contributed by atoms with Crippen LogP contribution in [0.2, 0.25) is 0 Å². The molecule has 0 spiro atoms. The van der Waals surface area contributed by atoms with Crippen LogP contribution in [0.5, 0.6) is 0 Å². The Morgan fingerprint density at radius 1 is 1.22 bits per heavy atom. The zero-order valence-corrected chi connectivity index (χ0v) is 11.5. The van der Waals surface area contributed by atoms with Gasteiger partial charge in [-0.2, -0.15) is 5.26 Å². The molecule has 0 amide bonds. The highest BCUT2D eigenvalue weighted by Gasteiger charge is 2.20. The lowest BCUT2D eigenvalue weighted by Crippen LogP contribution is -2.17. The summed E-state index contributed by atoms with van der Waals surface area (Å²) in [6.45, 7) is 2.04. The third-order valence-corrected chi connectivity index (χ3v) is 4.59. The van der Waals surface area contributed by atoms with E-state index < -0.39 is 15.8 Å². The van der Waals surface area contributed by atoms with E-state index in [4.69, 9.17) is 5.26 Å². The van der Waals surface area contributed by atoms with Crippen LogP contribution in [-0.4, -0.2) is 19.9 Å². The van der Waals surface area contributed by atoms with Gasteiger partial charge in [0.2, 0.25) is 0 Å². The molecule has 0 aliphatic rings. The first-order valence-corrected chi connectivity index (χ1v) is 8.06. The third kappa shape index (κ3) is 4.89. The number of hydrogen-bond donors (Lipinski definition) is 0. The summed E-state index contributed by atoms with van der Waals surface area (Å²) in [5, 5.41) is 9.10. The van der Waals surface area contributed by atoms with Gasteiger partial charge in [0.25, 0.3) is 0 Å². The van der Waals surface area contributed by atoms with Crippen LogP contribution in [0, 0.1) is 11.3 Å². The maximum atomic E-state index is 11.9. The van der Waals surface area contributed by atoms with Crippen molar-refractivity contribution in [2.24, 2.45) is 0 Å². The first-order valence-electron chi connectivity index (χ1n) is 6.24. The van der Waals surface area contributed by atoms with Gasteiger partial charge in [-0.25, -0.2) is 8.42 Å². The van der Waals surface area contributed by atoms with Crippen molar-refractivity contribution in [2.45, 2.75) is 32.1 Å². The minimum atomic E-state index is -3.14. The van der Waals surface area contributed by atoms with Crippen LogP contribution in [0.25, 0.3) is 0 Å². The molecule has 1 unspecified atom stereocenters. The molecular formula is C14H19NO2S. The van der Waals surface area contributed by atoms with E-state index in [0.29, 0.717) is 6.42 Å². The molecule has 3 nitrogen and oxygen atoms in total. The molecule has 1 rings (SSSR count). The monoisotopic (exact) mass is 265 g/mol. The Balaban J connectivity index is 2.67. The maximum absolute atomic E-state index is 11.9. The average molecular weight is 265 g/mol. The number of nitriles is 1. The molecule has 0 N–H and O–H groups in total. The van der Waals surface area contributed by atoms with Crippen LogP contribution in [0.4, 0.5) is 0 Å². The van der Waals surface area contributed by atoms with E-state index in [1.54, 1.807) is 12.1 Å².